The Balaban J connectivity index is 1.81. The first kappa shape index (κ1) is 12.5. The van der Waals surface area contributed by atoms with E-state index in [1.807, 2.05) is 17.6 Å². The van der Waals surface area contributed by atoms with E-state index in [9.17, 15) is 10.1 Å². The van der Waals surface area contributed by atoms with Crippen molar-refractivity contribution in [3.05, 3.63) is 63.9 Å². The highest BCUT2D eigenvalue weighted by atomic mass is 32.1. The van der Waals surface area contributed by atoms with Gasteiger partial charge >= 0.3 is 0 Å². The second kappa shape index (κ2) is 5.22. The number of hydrogen-bond donors (Lipinski definition) is 0. The van der Waals surface area contributed by atoms with Crippen LogP contribution in [0, 0.1) is 10.1 Å². The Morgan fingerprint density at radius 1 is 1.40 bits per heavy atom. The van der Waals surface area contributed by atoms with Crippen molar-refractivity contribution in [2.24, 2.45) is 0 Å². The molecule has 0 radical (unpaired) electrons. The fourth-order valence-electron chi connectivity index (χ4n) is 1.88. The Hall–Kier alpha value is -2.54. The van der Waals surface area contributed by atoms with E-state index in [0.717, 1.165) is 16.1 Å². The summed E-state index contributed by atoms with van der Waals surface area (Å²) in [5.74, 6) is 0. The van der Waals surface area contributed by atoms with Crippen LogP contribution in [-0.4, -0.2) is 19.7 Å². The maximum absolute atomic E-state index is 10.7. The van der Waals surface area contributed by atoms with Crippen LogP contribution in [0.3, 0.4) is 0 Å². The first-order chi connectivity index (χ1) is 9.72. The number of thiazole rings is 1. The third-order valence-electron chi connectivity index (χ3n) is 2.78. The third-order valence-corrected chi connectivity index (χ3v) is 3.60. The van der Waals surface area contributed by atoms with Gasteiger partial charge in [-0.05, 0) is 5.56 Å². The average Bonchev–Trinajstić information content (AvgIpc) is 3.09. The monoisotopic (exact) mass is 286 g/mol. The summed E-state index contributed by atoms with van der Waals surface area (Å²) in [5.41, 5.74) is 1.88. The van der Waals surface area contributed by atoms with Crippen LogP contribution in [0.5, 0.6) is 0 Å². The van der Waals surface area contributed by atoms with Gasteiger partial charge in [-0.3, -0.25) is 14.8 Å². The Kier molecular flexibility index (Phi) is 3.26. The van der Waals surface area contributed by atoms with Crippen molar-refractivity contribution in [3.63, 3.8) is 0 Å². The normalized spacial score (nSPS) is 10.6. The number of rotatable bonds is 4. The summed E-state index contributed by atoms with van der Waals surface area (Å²) in [6.45, 7) is 0.493. The first-order valence-corrected chi connectivity index (χ1v) is 6.76. The first-order valence-electron chi connectivity index (χ1n) is 5.88. The molecule has 0 unspecified atom stereocenters. The minimum Gasteiger partial charge on any atom is -0.268 e. The zero-order valence-corrected chi connectivity index (χ0v) is 11.2. The van der Waals surface area contributed by atoms with E-state index < -0.39 is 4.92 Å². The molecule has 0 amide bonds. The number of nitro benzene ring substituents is 1. The van der Waals surface area contributed by atoms with Gasteiger partial charge in [0.25, 0.3) is 5.69 Å². The highest BCUT2D eigenvalue weighted by Crippen LogP contribution is 2.21. The molecule has 3 aromatic rings. The molecule has 3 rings (SSSR count). The summed E-state index contributed by atoms with van der Waals surface area (Å²) in [6.07, 6.45) is 5.38. The number of aromatic nitrogens is 3. The summed E-state index contributed by atoms with van der Waals surface area (Å²) in [5, 5.41) is 17.8. The van der Waals surface area contributed by atoms with Gasteiger partial charge in [0.15, 0.2) is 0 Å². The largest absolute Gasteiger partial charge is 0.269 e. The van der Waals surface area contributed by atoms with Crippen LogP contribution in [0.2, 0.25) is 0 Å². The van der Waals surface area contributed by atoms with Crippen molar-refractivity contribution < 1.29 is 4.92 Å². The second-order valence-corrected chi connectivity index (χ2v) is 5.09. The fraction of sp³-hybridized carbons (Fsp3) is 0.0769. The van der Waals surface area contributed by atoms with Crippen LogP contribution < -0.4 is 0 Å². The molecule has 6 nitrogen and oxygen atoms in total. The van der Waals surface area contributed by atoms with Gasteiger partial charge < -0.3 is 0 Å². The molecule has 2 aromatic heterocycles. The molecule has 0 bridgehead atoms. The van der Waals surface area contributed by atoms with Crippen LogP contribution in [0.15, 0.2) is 48.2 Å². The van der Waals surface area contributed by atoms with E-state index in [2.05, 4.69) is 10.1 Å². The summed E-state index contributed by atoms with van der Waals surface area (Å²) in [7, 11) is 0. The molecule has 0 N–H and O–H groups in total. The van der Waals surface area contributed by atoms with E-state index in [1.165, 1.54) is 6.07 Å². The molecular weight excluding hydrogens is 276 g/mol. The molecule has 1 aromatic carbocycles. The predicted molar refractivity (Wildman–Crippen MR) is 75.5 cm³/mol. The molecule has 0 atom stereocenters. The molecule has 0 fully saturated rings. The van der Waals surface area contributed by atoms with Gasteiger partial charge in [-0.25, -0.2) is 4.98 Å². The lowest BCUT2D eigenvalue weighted by Gasteiger charge is -2.01. The number of non-ortho nitro benzene ring substituents is 1. The molecule has 0 saturated heterocycles. The molecule has 2 heterocycles. The zero-order valence-electron chi connectivity index (χ0n) is 10.3. The average molecular weight is 286 g/mol. The van der Waals surface area contributed by atoms with E-state index in [-0.39, 0.29) is 5.69 Å². The molecule has 100 valence electrons. The smallest absolute Gasteiger partial charge is 0.268 e. The van der Waals surface area contributed by atoms with Crippen LogP contribution >= 0.6 is 11.3 Å². The maximum Gasteiger partial charge on any atom is 0.269 e. The molecule has 0 aliphatic carbocycles. The standard InChI is InChI=1S/C13H10N4O2S/c18-17(19)12-3-1-2-10(6-12)8-16-9-11(7-15-16)13-14-4-5-20-13/h1-7,9H,8H2. The number of benzene rings is 1. The molecule has 20 heavy (non-hydrogen) atoms. The molecule has 0 spiro atoms. The van der Waals surface area contributed by atoms with Crippen LogP contribution in [-0.2, 0) is 6.54 Å². The van der Waals surface area contributed by atoms with Gasteiger partial charge in [-0.2, -0.15) is 5.10 Å². The topological polar surface area (TPSA) is 73.8 Å². The molecule has 0 aliphatic rings. The maximum atomic E-state index is 10.7. The Morgan fingerprint density at radius 2 is 2.30 bits per heavy atom. The number of nitrogens with zero attached hydrogens (tertiary/aromatic N) is 4. The van der Waals surface area contributed by atoms with Gasteiger partial charge in [0.1, 0.15) is 5.01 Å². The number of hydrogen-bond acceptors (Lipinski definition) is 5. The Morgan fingerprint density at radius 3 is 3.05 bits per heavy atom. The van der Waals surface area contributed by atoms with Crippen molar-refractivity contribution in [2.45, 2.75) is 6.54 Å². The lowest BCUT2D eigenvalue weighted by Crippen LogP contribution is -2.00. The second-order valence-electron chi connectivity index (χ2n) is 4.19. The quantitative estimate of drug-likeness (QED) is 0.546. The number of nitro groups is 1. The minimum absolute atomic E-state index is 0.0924. The van der Waals surface area contributed by atoms with Crippen molar-refractivity contribution in [1.82, 2.24) is 14.8 Å². The van der Waals surface area contributed by atoms with E-state index in [1.54, 1.807) is 40.5 Å². The Bertz CT molecular complexity index is 736. The molecule has 0 aliphatic heterocycles. The van der Waals surface area contributed by atoms with Gasteiger partial charge in [0.2, 0.25) is 0 Å². The van der Waals surface area contributed by atoms with Gasteiger partial charge in [-0.15, -0.1) is 11.3 Å². The lowest BCUT2D eigenvalue weighted by molar-refractivity contribution is -0.384. The summed E-state index contributed by atoms with van der Waals surface area (Å²) < 4.78 is 1.75. The SMILES string of the molecule is O=[N+]([O-])c1cccc(Cn2cc(-c3nccs3)cn2)c1. The summed E-state index contributed by atoms with van der Waals surface area (Å²) in [6, 6.07) is 6.56. The van der Waals surface area contributed by atoms with Crippen LogP contribution in [0.1, 0.15) is 5.56 Å². The highest BCUT2D eigenvalue weighted by Gasteiger charge is 2.08. The van der Waals surface area contributed by atoms with Crippen LogP contribution in [0.4, 0.5) is 5.69 Å². The lowest BCUT2D eigenvalue weighted by atomic mass is 10.2. The molecule has 0 saturated carbocycles. The van der Waals surface area contributed by atoms with Gasteiger partial charge in [0, 0.05) is 35.5 Å². The van der Waals surface area contributed by atoms with Crippen molar-refractivity contribution in [2.75, 3.05) is 0 Å². The Labute approximate surface area is 118 Å². The van der Waals surface area contributed by atoms with Gasteiger partial charge in [-0.1, -0.05) is 12.1 Å². The minimum atomic E-state index is -0.395. The summed E-state index contributed by atoms with van der Waals surface area (Å²) >= 11 is 1.55. The fourth-order valence-corrected chi connectivity index (χ4v) is 2.50. The van der Waals surface area contributed by atoms with Crippen LogP contribution in [0.25, 0.3) is 10.6 Å². The predicted octanol–water partition coefficient (Wildman–Crippen LogP) is 2.96. The third kappa shape index (κ3) is 2.57. The van der Waals surface area contributed by atoms with Crippen molar-refractivity contribution in [1.29, 1.82) is 0 Å². The van der Waals surface area contributed by atoms with E-state index in [0.29, 0.717) is 6.54 Å². The summed E-state index contributed by atoms with van der Waals surface area (Å²) in [4.78, 5) is 14.6. The van der Waals surface area contributed by atoms with E-state index in [4.69, 9.17) is 0 Å². The van der Waals surface area contributed by atoms with Gasteiger partial charge in [0.05, 0.1) is 17.7 Å². The highest BCUT2D eigenvalue weighted by molar-refractivity contribution is 7.13. The van der Waals surface area contributed by atoms with Crippen molar-refractivity contribution in [3.8, 4) is 10.6 Å². The van der Waals surface area contributed by atoms with E-state index >= 15 is 0 Å². The zero-order chi connectivity index (χ0) is 13.9. The molecular formula is C13H10N4O2S. The molecule has 7 heteroatoms. The van der Waals surface area contributed by atoms with Crippen molar-refractivity contribution >= 4 is 17.0 Å².